The van der Waals surface area contributed by atoms with Gasteiger partial charge in [0.25, 0.3) is 5.79 Å². The van der Waals surface area contributed by atoms with Crippen LogP contribution in [-0.2, 0) is 89.3 Å². The fraction of sp³-hybridized carbons (Fsp3) is 0.553. The fourth-order valence-corrected chi connectivity index (χ4v) is 6.22. The Morgan fingerprint density at radius 3 is 1.85 bits per heavy atom. The molecule has 55 heavy (non-hydrogen) atoms. The maximum absolute atomic E-state index is 13.1. The normalized spacial score (nSPS) is 28.3. The summed E-state index contributed by atoms with van der Waals surface area (Å²) in [5, 5.41) is 11.8. The predicted octanol–water partition coefficient (Wildman–Crippen LogP) is 1.92. The molecular weight excluding hydrogens is 728 g/mol. The summed E-state index contributed by atoms with van der Waals surface area (Å²) in [7, 11) is 2.23. The molecule has 4 rings (SSSR count). The number of rotatable bonds is 17. The van der Waals surface area contributed by atoms with Gasteiger partial charge in [0.05, 0.1) is 26.4 Å². The zero-order valence-corrected chi connectivity index (χ0v) is 31.5. The number of ether oxygens (including phenoxy) is 11. The number of carbonyl (C=O) groups is 5. The van der Waals surface area contributed by atoms with Crippen LogP contribution in [-0.4, -0.2) is 123 Å². The largest absolute Gasteiger partial charge is 0.465 e. The second-order valence-corrected chi connectivity index (χ2v) is 12.8. The van der Waals surface area contributed by atoms with E-state index in [0.29, 0.717) is 0 Å². The molecule has 2 heterocycles. The quantitative estimate of drug-likeness (QED) is 0.180. The molecule has 17 heteroatoms. The van der Waals surface area contributed by atoms with E-state index < -0.39 is 110 Å². The highest BCUT2D eigenvalue weighted by atomic mass is 16.8. The standard InChI is InChI=1S/C38H48O17/c1-22(39)47-20-29-32(52-25(4)42)34(49-18-26-13-9-7-10-14-26)35(50-19-27-15-11-8-12-16-27)36(53-29)54-31-28(43)17-38(46-6,37(44)45-5)55-33(31)30(51-24(3)41)21-48-23(2)40/h7-16,28-36,43H,17-21H2,1-6H3/t28-,29-,30-,31-,32-,33-,34+,35-,36-,38-/m1/s1. The van der Waals surface area contributed by atoms with E-state index in [0.717, 1.165) is 39.2 Å². The third kappa shape index (κ3) is 12.0. The van der Waals surface area contributed by atoms with E-state index in [9.17, 15) is 29.1 Å². The molecule has 2 fully saturated rings. The maximum atomic E-state index is 13.1. The first-order valence-electron chi connectivity index (χ1n) is 17.5. The predicted molar refractivity (Wildman–Crippen MR) is 185 cm³/mol. The van der Waals surface area contributed by atoms with Gasteiger partial charge in [-0.05, 0) is 11.1 Å². The van der Waals surface area contributed by atoms with Gasteiger partial charge in [0.1, 0.15) is 43.7 Å². The molecule has 10 atom stereocenters. The summed E-state index contributed by atoms with van der Waals surface area (Å²) in [5.74, 6) is -6.14. The third-order valence-electron chi connectivity index (χ3n) is 8.67. The number of hydrogen-bond acceptors (Lipinski definition) is 17. The molecule has 0 saturated carbocycles. The molecule has 0 unspecified atom stereocenters. The van der Waals surface area contributed by atoms with Crippen LogP contribution in [0.1, 0.15) is 45.2 Å². The summed E-state index contributed by atoms with van der Waals surface area (Å²) in [5.41, 5.74) is 1.50. The number of hydrogen-bond donors (Lipinski definition) is 1. The lowest BCUT2D eigenvalue weighted by atomic mass is 9.91. The molecule has 17 nitrogen and oxygen atoms in total. The zero-order valence-electron chi connectivity index (χ0n) is 31.5. The van der Waals surface area contributed by atoms with Crippen LogP contribution in [0.15, 0.2) is 60.7 Å². The fourth-order valence-electron chi connectivity index (χ4n) is 6.22. The number of benzene rings is 2. The van der Waals surface area contributed by atoms with E-state index in [4.69, 9.17) is 52.1 Å². The van der Waals surface area contributed by atoms with Crippen LogP contribution in [0.25, 0.3) is 0 Å². The van der Waals surface area contributed by atoms with Gasteiger partial charge in [-0.2, -0.15) is 0 Å². The highest BCUT2D eigenvalue weighted by Gasteiger charge is 2.59. The average molecular weight is 777 g/mol. The lowest BCUT2D eigenvalue weighted by Crippen LogP contribution is -2.67. The summed E-state index contributed by atoms with van der Waals surface area (Å²) < 4.78 is 64.1. The van der Waals surface area contributed by atoms with Gasteiger partial charge in [-0.1, -0.05) is 60.7 Å². The van der Waals surface area contributed by atoms with Gasteiger partial charge in [-0.25, -0.2) is 4.79 Å². The van der Waals surface area contributed by atoms with Gasteiger partial charge in [0, 0.05) is 41.2 Å². The van der Waals surface area contributed by atoms with Gasteiger partial charge in [-0.15, -0.1) is 0 Å². The highest BCUT2D eigenvalue weighted by Crippen LogP contribution is 2.38. The molecule has 0 bridgehead atoms. The van der Waals surface area contributed by atoms with Crippen molar-refractivity contribution >= 4 is 29.8 Å². The first-order chi connectivity index (χ1) is 26.3. The number of carbonyl (C=O) groups excluding carboxylic acids is 5. The molecule has 0 amide bonds. The van der Waals surface area contributed by atoms with Crippen LogP contribution in [0.4, 0.5) is 0 Å². The van der Waals surface area contributed by atoms with Crippen LogP contribution in [0.3, 0.4) is 0 Å². The highest BCUT2D eigenvalue weighted by molar-refractivity contribution is 5.78. The second-order valence-electron chi connectivity index (χ2n) is 12.8. The van der Waals surface area contributed by atoms with Crippen LogP contribution in [0.2, 0.25) is 0 Å². The topological polar surface area (TPSA) is 207 Å². The molecule has 2 saturated heterocycles. The van der Waals surface area contributed by atoms with Gasteiger partial charge in [0.15, 0.2) is 18.5 Å². The van der Waals surface area contributed by atoms with Crippen molar-refractivity contribution in [1.82, 2.24) is 0 Å². The molecule has 2 aliphatic heterocycles. The maximum Gasteiger partial charge on any atom is 0.366 e. The molecule has 2 aliphatic rings. The number of methoxy groups -OCH3 is 2. The first-order valence-corrected chi connectivity index (χ1v) is 17.5. The Kier molecular flexibility index (Phi) is 16.1. The van der Waals surface area contributed by atoms with Crippen molar-refractivity contribution in [2.24, 2.45) is 0 Å². The monoisotopic (exact) mass is 776 g/mol. The smallest absolute Gasteiger partial charge is 0.366 e. The van der Waals surface area contributed by atoms with E-state index in [1.165, 1.54) is 13.8 Å². The van der Waals surface area contributed by atoms with Crippen molar-refractivity contribution in [2.75, 3.05) is 27.4 Å². The first kappa shape index (κ1) is 43.2. The number of aliphatic hydroxyl groups excluding tert-OH is 1. The summed E-state index contributed by atoms with van der Waals surface area (Å²) in [6.45, 7) is 3.59. The van der Waals surface area contributed by atoms with Crippen molar-refractivity contribution in [3.05, 3.63) is 71.8 Å². The van der Waals surface area contributed by atoms with Crippen LogP contribution in [0, 0.1) is 0 Å². The van der Waals surface area contributed by atoms with Crippen LogP contribution in [0.5, 0.6) is 0 Å². The third-order valence-corrected chi connectivity index (χ3v) is 8.67. The molecule has 0 radical (unpaired) electrons. The SMILES string of the molecule is COC(=O)[C@@]1(OC)C[C@@H](O)[C@@H](O[C@H]2O[C@H](COC(C)=O)[C@@H](OC(C)=O)[C@H](OCc3ccccc3)[C@H]2OCc2ccccc2)[C@@H]([C@@H](COC(C)=O)OC(C)=O)O1. The lowest BCUT2D eigenvalue weighted by Gasteiger charge is -2.49. The molecule has 302 valence electrons. The molecule has 0 aromatic heterocycles. The van der Waals surface area contributed by atoms with E-state index in [2.05, 4.69) is 0 Å². The van der Waals surface area contributed by atoms with Crippen molar-refractivity contribution in [3.8, 4) is 0 Å². The minimum Gasteiger partial charge on any atom is -0.465 e. The number of esters is 5. The van der Waals surface area contributed by atoms with Crippen molar-refractivity contribution in [2.45, 2.75) is 108 Å². The summed E-state index contributed by atoms with van der Waals surface area (Å²) in [6.07, 6.45) is -13.1. The van der Waals surface area contributed by atoms with E-state index in [-0.39, 0.29) is 13.2 Å². The molecule has 0 spiro atoms. The molecular formula is C38H48O17. The Morgan fingerprint density at radius 1 is 0.764 bits per heavy atom. The Bertz CT molecular complexity index is 1570. The minimum atomic E-state index is -2.22. The Balaban J connectivity index is 1.82. The van der Waals surface area contributed by atoms with E-state index in [1.54, 1.807) is 0 Å². The molecule has 2 aromatic rings. The average Bonchev–Trinajstić information content (AvgIpc) is 3.15. The number of aliphatic hydroxyl groups is 1. The van der Waals surface area contributed by atoms with Crippen molar-refractivity contribution in [1.29, 1.82) is 0 Å². The van der Waals surface area contributed by atoms with Crippen LogP contribution < -0.4 is 0 Å². The van der Waals surface area contributed by atoms with E-state index >= 15 is 0 Å². The summed E-state index contributed by atoms with van der Waals surface area (Å²) in [6, 6.07) is 18.2. The van der Waals surface area contributed by atoms with E-state index in [1.807, 2.05) is 60.7 Å². The van der Waals surface area contributed by atoms with Gasteiger partial charge in [-0.3, -0.25) is 19.2 Å². The molecule has 1 N–H and O–H groups in total. The van der Waals surface area contributed by atoms with Gasteiger partial charge < -0.3 is 57.2 Å². The Hall–Kier alpha value is -4.49. The Labute approximate surface area is 318 Å². The summed E-state index contributed by atoms with van der Waals surface area (Å²) in [4.78, 5) is 61.8. The zero-order chi connectivity index (χ0) is 40.1. The summed E-state index contributed by atoms with van der Waals surface area (Å²) >= 11 is 0. The van der Waals surface area contributed by atoms with Gasteiger partial charge >= 0.3 is 29.8 Å². The van der Waals surface area contributed by atoms with Crippen LogP contribution >= 0.6 is 0 Å². The molecule has 0 aliphatic carbocycles. The van der Waals surface area contributed by atoms with Gasteiger partial charge in [0.2, 0.25) is 0 Å². The minimum absolute atomic E-state index is 0.00562. The lowest BCUT2D eigenvalue weighted by molar-refractivity contribution is -0.370. The molecule has 2 aromatic carbocycles. The second kappa shape index (κ2) is 20.4. The van der Waals surface area contributed by atoms with Crippen molar-refractivity contribution < 1.29 is 81.2 Å². The van der Waals surface area contributed by atoms with Crippen molar-refractivity contribution in [3.63, 3.8) is 0 Å². The Morgan fingerprint density at radius 2 is 1.35 bits per heavy atom.